The summed E-state index contributed by atoms with van der Waals surface area (Å²) in [5.74, 6) is -0.599. The van der Waals surface area contributed by atoms with Crippen molar-refractivity contribution in [1.82, 2.24) is 9.55 Å². The molecule has 1 N–H and O–H groups in total. The van der Waals surface area contributed by atoms with Crippen LogP contribution < -0.4 is 5.56 Å². The van der Waals surface area contributed by atoms with Gasteiger partial charge in [0, 0.05) is 19.2 Å². The number of aromatic nitrogens is 2. The molecule has 8 nitrogen and oxygen atoms in total. The fourth-order valence-corrected chi connectivity index (χ4v) is 4.43. The van der Waals surface area contributed by atoms with Crippen molar-refractivity contribution in [1.29, 1.82) is 0 Å². The van der Waals surface area contributed by atoms with Crippen molar-refractivity contribution in [2.24, 2.45) is 0 Å². The molecule has 190 valence electrons. The van der Waals surface area contributed by atoms with Crippen molar-refractivity contribution < 1.29 is 28.1 Å². The Hall–Kier alpha value is -3.18. The van der Waals surface area contributed by atoms with E-state index in [1.165, 1.54) is 23.8 Å². The van der Waals surface area contributed by atoms with Crippen molar-refractivity contribution in [3.8, 4) is 0 Å². The molecule has 4 atom stereocenters. The summed E-state index contributed by atoms with van der Waals surface area (Å²) in [4.78, 5) is 26.3. The molecule has 0 aliphatic carbocycles. The van der Waals surface area contributed by atoms with Crippen LogP contribution in [0.3, 0.4) is 0 Å². The van der Waals surface area contributed by atoms with Gasteiger partial charge in [-0.2, -0.15) is 0 Å². The largest absolute Gasteiger partial charge is 0.455 e. The topological polar surface area (TPSA) is 91.8 Å². The summed E-state index contributed by atoms with van der Waals surface area (Å²) in [6, 6.07) is 20.0. The van der Waals surface area contributed by atoms with Gasteiger partial charge in [0.15, 0.2) is 22.7 Å². The summed E-state index contributed by atoms with van der Waals surface area (Å²) < 4.78 is 40.3. The number of carbonyl (C=O) groups is 1. The Labute approximate surface area is 212 Å². The molecule has 10 heteroatoms. The highest BCUT2D eigenvalue weighted by Gasteiger charge is 2.59. The number of hydrogen-bond acceptors (Lipinski definition) is 7. The highest BCUT2D eigenvalue weighted by molar-refractivity contribution is 7.71. The van der Waals surface area contributed by atoms with Crippen LogP contribution in [0.25, 0.3) is 0 Å². The van der Waals surface area contributed by atoms with Crippen LogP contribution in [0.1, 0.15) is 24.3 Å². The number of esters is 1. The standard InChI is InChI=1S/C26H27FN2O6S/c1-18(30)34-22-23(33-15-20-10-6-3-7-11-20)26(16-27,17-32-14-19-8-4-2-5-9-19)35-24(22)29-13-12-21(31)28-25(29)36/h2-13,22-24H,14-17H2,1H3,(H,28,31,36)/t22-,23+,24-,26-/m1/s1. The van der Waals surface area contributed by atoms with Gasteiger partial charge in [-0.05, 0) is 23.3 Å². The van der Waals surface area contributed by atoms with Gasteiger partial charge >= 0.3 is 5.97 Å². The summed E-state index contributed by atoms with van der Waals surface area (Å²) in [6.07, 6.45) is -1.76. The molecular weight excluding hydrogens is 487 g/mol. The van der Waals surface area contributed by atoms with Crippen LogP contribution in [0, 0.1) is 4.77 Å². The average molecular weight is 515 g/mol. The molecule has 4 rings (SSSR count). The fraction of sp³-hybridized carbons (Fsp3) is 0.346. The zero-order valence-corrected chi connectivity index (χ0v) is 20.5. The van der Waals surface area contributed by atoms with Gasteiger partial charge in [0.25, 0.3) is 5.56 Å². The lowest BCUT2D eigenvalue weighted by Crippen LogP contribution is -2.51. The Morgan fingerprint density at radius 3 is 2.31 bits per heavy atom. The van der Waals surface area contributed by atoms with E-state index in [0.29, 0.717) is 0 Å². The third-order valence-electron chi connectivity index (χ3n) is 5.84. The molecule has 3 aromatic rings. The first-order valence-electron chi connectivity index (χ1n) is 11.4. The van der Waals surface area contributed by atoms with Gasteiger partial charge in [-0.15, -0.1) is 0 Å². The molecule has 1 aliphatic heterocycles. The molecule has 1 saturated heterocycles. The van der Waals surface area contributed by atoms with Crippen molar-refractivity contribution in [2.45, 2.75) is 44.2 Å². The minimum atomic E-state index is -1.61. The minimum Gasteiger partial charge on any atom is -0.455 e. The number of rotatable bonds is 10. The summed E-state index contributed by atoms with van der Waals surface area (Å²) in [6.45, 7) is 0.433. The Morgan fingerprint density at radius 2 is 1.72 bits per heavy atom. The Kier molecular flexibility index (Phi) is 8.42. The van der Waals surface area contributed by atoms with E-state index in [-0.39, 0.29) is 24.6 Å². The number of alkyl halides is 1. The molecule has 1 aromatic heterocycles. The van der Waals surface area contributed by atoms with E-state index in [0.717, 1.165) is 11.1 Å². The number of nitrogens with one attached hydrogen (secondary N) is 1. The van der Waals surface area contributed by atoms with Crippen LogP contribution in [0.4, 0.5) is 4.39 Å². The number of hydrogen-bond donors (Lipinski definition) is 1. The van der Waals surface area contributed by atoms with Gasteiger partial charge in [0.2, 0.25) is 0 Å². The average Bonchev–Trinajstić information content (AvgIpc) is 3.16. The predicted octanol–water partition coefficient (Wildman–Crippen LogP) is 3.88. The van der Waals surface area contributed by atoms with Crippen LogP contribution in [0.5, 0.6) is 0 Å². The smallest absolute Gasteiger partial charge is 0.303 e. The second-order valence-corrected chi connectivity index (χ2v) is 8.88. The molecule has 0 bridgehead atoms. The van der Waals surface area contributed by atoms with Gasteiger partial charge in [0.1, 0.15) is 12.8 Å². The monoisotopic (exact) mass is 514 g/mol. The maximum absolute atomic E-state index is 14.9. The predicted molar refractivity (Wildman–Crippen MR) is 131 cm³/mol. The van der Waals surface area contributed by atoms with Crippen molar-refractivity contribution in [3.63, 3.8) is 0 Å². The maximum Gasteiger partial charge on any atom is 0.303 e. The summed E-state index contributed by atoms with van der Waals surface area (Å²) in [5.41, 5.74) is -0.263. The highest BCUT2D eigenvalue weighted by Crippen LogP contribution is 2.42. The molecule has 36 heavy (non-hydrogen) atoms. The van der Waals surface area contributed by atoms with E-state index >= 15 is 0 Å². The van der Waals surface area contributed by atoms with Crippen molar-refractivity contribution in [2.75, 3.05) is 13.3 Å². The first kappa shape index (κ1) is 25.9. The minimum absolute atomic E-state index is 0.0336. The van der Waals surface area contributed by atoms with Crippen LogP contribution in [0.15, 0.2) is 77.7 Å². The van der Waals surface area contributed by atoms with E-state index in [4.69, 9.17) is 31.2 Å². The van der Waals surface area contributed by atoms with Gasteiger partial charge in [0.05, 0.1) is 19.8 Å². The van der Waals surface area contributed by atoms with E-state index < -0.39 is 42.2 Å². The summed E-state index contributed by atoms with van der Waals surface area (Å²) in [7, 11) is 0. The lowest BCUT2D eigenvalue weighted by atomic mass is 9.96. The summed E-state index contributed by atoms with van der Waals surface area (Å²) in [5, 5.41) is 0. The Balaban J connectivity index is 1.68. The summed E-state index contributed by atoms with van der Waals surface area (Å²) >= 11 is 5.31. The molecule has 2 aromatic carbocycles. The number of ether oxygens (including phenoxy) is 4. The molecule has 0 saturated carbocycles. The van der Waals surface area contributed by atoms with E-state index in [1.807, 2.05) is 60.7 Å². The third-order valence-corrected chi connectivity index (χ3v) is 6.15. The van der Waals surface area contributed by atoms with Gasteiger partial charge in [-0.3, -0.25) is 19.1 Å². The van der Waals surface area contributed by atoms with E-state index in [1.54, 1.807) is 0 Å². The maximum atomic E-state index is 14.9. The van der Waals surface area contributed by atoms with Crippen LogP contribution in [-0.4, -0.2) is 46.6 Å². The van der Waals surface area contributed by atoms with Gasteiger partial charge < -0.3 is 18.9 Å². The first-order chi connectivity index (χ1) is 17.4. The third kappa shape index (κ3) is 5.96. The quantitative estimate of drug-likeness (QED) is 0.324. The second-order valence-electron chi connectivity index (χ2n) is 8.49. The number of nitrogens with zero attached hydrogens (tertiary/aromatic N) is 1. The van der Waals surface area contributed by atoms with E-state index in [9.17, 15) is 14.0 Å². The number of halogens is 1. The molecule has 0 radical (unpaired) electrons. The Bertz CT molecular complexity index is 1270. The molecule has 0 unspecified atom stereocenters. The van der Waals surface area contributed by atoms with Crippen molar-refractivity contribution in [3.05, 3.63) is 99.2 Å². The zero-order valence-electron chi connectivity index (χ0n) is 19.7. The highest BCUT2D eigenvalue weighted by atomic mass is 32.1. The number of carbonyl (C=O) groups excluding carboxylic acids is 1. The number of aromatic amines is 1. The van der Waals surface area contributed by atoms with Gasteiger partial charge in [-0.25, -0.2) is 4.39 Å². The molecule has 1 aliphatic rings. The number of benzene rings is 2. The molecular formula is C26H27FN2O6S. The molecule has 0 spiro atoms. The molecule has 1 fully saturated rings. The number of H-pyrrole nitrogens is 1. The fourth-order valence-electron chi connectivity index (χ4n) is 4.16. The second kappa shape index (κ2) is 11.7. The van der Waals surface area contributed by atoms with Crippen LogP contribution in [0.2, 0.25) is 0 Å². The molecule has 2 heterocycles. The normalized spacial score (nSPS) is 23.4. The Morgan fingerprint density at radius 1 is 1.08 bits per heavy atom. The van der Waals surface area contributed by atoms with Gasteiger partial charge in [-0.1, -0.05) is 60.7 Å². The van der Waals surface area contributed by atoms with Crippen LogP contribution >= 0.6 is 12.2 Å². The van der Waals surface area contributed by atoms with Crippen LogP contribution in [-0.2, 0) is 37.0 Å². The SMILES string of the molecule is CC(=O)O[C@H]1[C@H](n2ccc(=O)[nH]c2=S)O[C@](CF)(COCc2ccccc2)[C@H]1OCc1ccccc1. The lowest BCUT2D eigenvalue weighted by molar-refractivity contribution is -0.166. The van der Waals surface area contributed by atoms with Crippen molar-refractivity contribution >= 4 is 18.2 Å². The zero-order chi connectivity index (χ0) is 25.5. The first-order valence-corrected chi connectivity index (χ1v) is 11.8. The lowest BCUT2D eigenvalue weighted by Gasteiger charge is -2.32. The van der Waals surface area contributed by atoms with E-state index in [2.05, 4.69) is 4.98 Å². The molecule has 0 amide bonds.